The summed E-state index contributed by atoms with van der Waals surface area (Å²) < 4.78 is 0. The summed E-state index contributed by atoms with van der Waals surface area (Å²) in [4.78, 5) is 0. The van der Waals surface area contributed by atoms with E-state index >= 15 is 0 Å². The van der Waals surface area contributed by atoms with Crippen LogP contribution in [0.4, 0.5) is 0 Å². The molecule has 0 aromatic heterocycles. The van der Waals surface area contributed by atoms with Gasteiger partial charge in [-0.15, -0.1) is 0 Å². The number of hydrogen-bond acceptors (Lipinski definition) is 2. The SMILES string of the molecule is CSB(SC)c1ccccc1. The number of benzene rings is 1. The van der Waals surface area contributed by atoms with Crippen molar-refractivity contribution in [3.63, 3.8) is 0 Å². The van der Waals surface area contributed by atoms with Crippen LogP contribution in [0.5, 0.6) is 0 Å². The second kappa shape index (κ2) is 4.78. The highest BCUT2D eigenvalue weighted by molar-refractivity contribution is 8.55. The van der Waals surface area contributed by atoms with Crippen LogP contribution in [0.3, 0.4) is 0 Å². The topological polar surface area (TPSA) is 0 Å². The summed E-state index contributed by atoms with van der Waals surface area (Å²) in [6.07, 6.45) is 4.29. The number of hydrogen-bond donors (Lipinski definition) is 0. The van der Waals surface area contributed by atoms with E-state index in [2.05, 4.69) is 42.8 Å². The average molecular weight is 182 g/mol. The molecule has 0 bridgehead atoms. The van der Waals surface area contributed by atoms with Gasteiger partial charge in [0.1, 0.15) is 0 Å². The Balaban J connectivity index is 2.74. The van der Waals surface area contributed by atoms with Crippen LogP contribution in [0.25, 0.3) is 0 Å². The zero-order valence-corrected chi connectivity index (χ0v) is 8.41. The maximum absolute atomic E-state index is 2.18. The Hall–Kier alpha value is -0.0151. The minimum atomic E-state index is 0.594. The first-order valence-electron chi connectivity index (χ1n) is 3.49. The molecule has 58 valence electrons. The molecule has 0 atom stereocenters. The number of rotatable bonds is 3. The normalized spacial score (nSPS) is 9.64. The van der Waals surface area contributed by atoms with Gasteiger partial charge in [-0.25, -0.2) is 0 Å². The van der Waals surface area contributed by atoms with Crippen LogP contribution in [0.15, 0.2) is 30.3 Å². The summed E-state index contributed by atoms with van der Waals surface area (Å²) in [7, 11) is 0. The first kappa shape index (κ1) is 9.08. The highest BCUT2D eigenvalue weighted by Gasteiger charge is 2.11. The first-order chi connectivity index (χ1) is 5.38. The van der Waals surface area contributed by atoms with Crippen molar-refractivity contribution in [2.45, 2.75) is 0 Å². The fourth-order valence-corrected chi connectivity index (χ4v) is 2.61. The Morgan fingerprint density at radius 3 is 2.00 bits per heavy atom. The van der Waals surface area contributed by atoms with Gasteiger partial charge in [0.2, 0.25) is 0 Å². The molecule has 0 fully saturated rings. The van der Waals surface area contributed by atoms with Gasteiger partial charge in [-0.2, -0.15) is 23.2 Å². The lowest BCUT2D eigenvalue weighted by atomic mass is 9.93. The molecule has 0 unspecified atom stereocenters. The molecule has 1 rings (SSSR count). The van der Waals surface area contributed by atoms with Crippen LogP contribution < -0.4 is 5.46 Å². The lowest BCUT2D eigenvalue weighted by Gasteiger charge is -2.06. The third kappa shape index (κ3) is 2.49. The minimum Gasteiger partial charge on any atom is -0.194 e. The van der Waals surface area contributed by atoms with Crippen molar-refractivity contribution < 1.29 is 0 Å². The molecule has 1 aromatic carbocycles. The Morgan fingerprint density at radius 1 is 1.00 bits per heavy atom. The van der Waals surface area contributed by atoms with Crippen LogP contribution in [0, 0.1) is 0 Å². The molecular formula is C8H11BS2. The summed E-state index contributed by atoms with van der Waals surface area (Å²) >= 11 is 3.77. The molecular weight excluding hydrogens is 171 g/mol. The van der Waals surface area contributed by atoms with Crippen molar-refractivity contribution >= 4 is 34.0 Å². The zero-order valence-electron chi connectivity index (χ0n) is 6.78. The van der Waals surface area contributed by atoms with Gasteiger partial charge in [0.05, 0.1) is 0 Å². The van der Waals surface area contributed by atoms with Crippen molar-refractivity contribution in [2.75, 3.05) is 12.5 Å². The van der Waals surface area contributed by atoms with E-state index in [0.717, 1.165) is 0 Å². The fourth-order valence-electron chi connectivity index (χ4n) is 0.979. The quantitative estimate of drug-likeness (QED) is 0.656. The molecule has 0 saturated heterocycles. The molecule has 11 heavy (non-hydrogen) atoms. The van der Waals surface area contributed by atoms with Gasteiger partial charge in [0, 0.05) is 0 Å². The van der Waals surface area contributed by atoms with E-state index < -0.39 is 0 Å². The molecule has 0 aliphatic heterocycles. The molecule has 0 heterocycles. The van der Waals surface area contributed by atoms with Crippen molar-refractivity contribution in [3.8, 4) is 0 Å². The summed E-state index contributed by atoms with van der Waals surface area (Å²) in [6.45, 7) is 0. The van der Waals surface area contributed by atoms with Crippen LogP contribution in [-0.2, 0) is 0 Å². The van der Waals surface area contributed by atoms with Crippen LogP contribution in [0.2, 0.25) is 0 Å². The maximum Gasteiger partial charge on any atom is 0.307 e. The maximum atomic E-state index is 2.18. The van der Waals surface area contributed by atoms with Crippen LogP contribution >= 0.6 is 23.2 Å². The molecule has 0 radical (unpaired) electrons. The first-order valence-corrected chi connectivity index (χ1v) is 6.06. The molecule has 0 aliphatic carbocycles. The molecule has 0 aliphatic rings. The van der Waals surface area contributed by atoms with E-state index in [4.69, 9.17) is 0 Å². The van der Waals surface area contributed by atoms with Gasteiger partial charge < -0.3 is 0 Å². The van der Waals surface area contributed by atoms with Gasteiger partial charge in [0.25, 0.3) is 0 Å². The minimum absolute atomic E-state index is 0.594. The van der Waals surface area contributed by atoms with Crippen LogP contribution in [0.1, 0.15) is 0 Å². The highest BCUT2D eigenvalue weighted by atomic mass is 32.2. The van der Waals surface area contributed by atoms with Gasteiger partial charge in [-0.1, -0.05) is 35.8 Å². The predicted octanol–water partition coefficient (Wildman–Crippen LogP) is 2.11. The second-order valence-corrected chi connectivity index (χ2v) is 4.40. The fraction of sp³-hybridized carbons (Fsp3) is 0.250. The molecule has 3 heteroatoms. The van der Waals surface area contributed by atoms with Gasteiger partial charge in [0.15, 0.2) is 0 Å². The molecule has 0 nitrogen and oxygen atoms in total. The van der Waals surface area contributed by atoms with E-state index in [9.17, 15) is 0 Å². The smallest absolute Gasteiger partial charge is 0.194 e. The van der Waals surface area contributed by atoms with Crippen molar-refractivity contribution in [2.24, 2.45) is 0 Å². The van der Waals surface area contributed by atoms with E-state index in [1.807, 2.05) is 23.2 Å². The highest BCUT2D eigenvalue weighted by Crippen LogP contribution is 2.12. The summed E-state index contributed by atoms with van der Waals surface area (Å²) in [5.74, 6) is 0. The summed E-state index contributed by atoms with van der Waals surface area (Å²) in [6, 6.07) is 10.6. The Morgan fingerprint density at radius 2 is 1.55 bits per heavy atom. The molecule has 0 N–H and O–H groups in total. The monoisotopic (exact) mass is 182 g/mol. The van der Waals surface area contributed by atoms with Gasteiger partial charge >= 0.3 is 5.27 Å². The van der Waals surface area contributed by atoms with Crippen LogP contribution in [-0.4, -0.2) is 17.8 Å². The molecule has 0 amide bonds. The van der Waals surface area contributed by atoms with E-state index in [0.29, 0.717) is 5.27 Å². The lowest BCUT2D eigenvalue weighted by Crippen LogP contribution is -2.22. The Labute approximate surface area is 77.0 Å². The summed E-state index contributed by atoms with van der Waals surface area (Å²) in [5.41, 5.74) is 1.41. The van der Waals surface area contributed by atoms with E-state index in [1.54, 1.807) is 0 Å². The van der Waals surface area contributed by atoms with Crippen molar-refractivity contribution in [3.05, 3.63) is 30.3 Å². The van der Waals surface area contributed by atoms with E-state index in [1.165, 1.54) is 5.46 Å². The zero-order chi connectivity index (χ0) is 8.10. The largest absolute Gasteiger partial charge is 0.307 e. The van der Waals surface area contributed by atoms with Gasteiger partial charge in [-0.05, 0) is 12.5 Å². The third-order valence-corrected chi connectivity index (χ3v) is 4.06. The molecule has 1 aromatic rings. The standard InChI is InChI=1S/C8H11BS2/c1-10-9(11-2)8-6-4-3-5-7-8/h3-7H,1-2H3. The third-order valence-electron chi connectivity index (χ3n) is 1.50. The van der Waals surface area contributed by atoms with Crippen molar-refractivity contribution in [1.29, 1.82) is 0 Å². The van der Waals surface area contributed by atoms with Gasteiger partial charge in [-0.3, -0.25) is 0 Å². The lowest BCUT2D eigenvalue weighted by molar-refractivity contribution is 1.77. The predicted molar refractivity (Wildman–Crippen MR) is 58.9 cm³/mol. The van der Waals surface area contributed by atoms with Crippen molar-refractivity contribution in [1.82, 2.24) is 0 Å². The van der Waals surface area contributed by atoms with E-state index in [-0.39, 0.29) is 0 Å². The molecule has 0 saturated carbocycles. The second-order valence-electron chi connectivity index (χ2n) is 2.21. The average Bonchev–Trinajstić information content (AvgIpc) is 2.09. The summed E-state index contributed by atoms with van der Waals surface area (Å²) in [5, 5.41) is 0.594. The molecule has 0 spiro atoms. The Bertz CT molecular complexity index is 197. The Kier molecular flexibility index (Phi) is 3.94.